The summed E-state index contributed by atoms with van der Waals surface area (Å²) >= 11 is 2.90. The Morgan fingerprint density at radius 3 is 3.07 bits per heavy atom. The van der Waals surface area contributed by atoms with Gasteiger partial charge in [-0.3, -0.25) is 15.1 Å². The van der Waals surface area contributed by atoms with E-state index in [1.54, 1.807) is 17.8 Å². The molecule has 4 nitrogen and oxygen atoms in total. The highest BCUT2D eigenvalue weighted by molar-refractivity contribution is 8.14. The maximum Gasteiger partial charge on any atom is 0.276 e. The quantitative estimate of drug-likeness (QED) is 0.786. The number of nitrogens with one attached hydrogen (secondary N) is 1. The van der Waals surface area contributed by atoms with Gasteiger partial charge < -0.3 is 0 Å². The average molecular weight is 227 g/mol. The lowest BCUT2D eigenvalue weighted by Crippen LogP contribution is -2.27. The molecule has 0 radical (unpaired) electrons. The van der Waals surface area contributed by atoms with Crippen LogP contribution in [0.5, 0.6) is 0 Å². The molecule has 0 spiro atoms. The van der Waals surface area contributed by atoms with Gasteiger partial charge in [-0.1, -0.05) is 11.8 Å². The van der Waals surface area contributed by atoms with Gasteiger partial charge in [0.1, 0.15) is 5.69 Å². The van der Waals surface area contributed by atoms with Crippen LogP contribution in [0, 0.1) is 6.92 Å². The second kappa shape index (κ2) is 4.10. The van der Waals surface area contributed by atoms with Gasteiger partial charge in [0, 0.05) is 10.6 Å². The van der Waals surface area contributed by atoms with E-state index in [9.17, 15) is 4.79 Å². The van der Waals surface area contributed by atoms with E-state index in [-0.39, 0.29) is 5.91 Å². The Balaban J connectivity index is 2.02. The molecular formula is C8H9N3OS2. The number of carbonyl (C=O) groups is 1. The molecule has 0 atom stereocenters. The van der Waals surface area contributed by atoms with Gasteiger partial charge in [-0.25, -0.2) is 0 Å². The van der Waals surface area contributed by atoms with E-state index >= 15 is 0 Å². The van der Waals surface area contributed by atoms with Crippen molar-refractivity contribution < 1.29 is 4.79 Å². The monoisotopic (exact) mass is 227 g/mol. The van der Waals surface area contributed by atoms with Crippen LogP contribution in [0.3, 0.4) is 0 Å². The van der Waals surface area contributed by atoms with E-state index < -0.39 is 0 Å². The number of aromatic nitrogens is 1. The van der Waals surface area contributed by atoms with Crippen LogP contribution in [0.15, 0.2) is 11.1 Å². The first kappa shape index (κ1) is 9.67. The van der Waals surface area contributed by atoms with Crippen LogP contribution in [0.4, 0.5) is 0 Å². The zero-order chi connectivity index (χ0) is 9.97. The maximum atomic E-state index is 11.6. The molecule has 1 aromatic rings. The van der Waals surface area contributed by atoms with E-state index in [0.29, 0.717) is 10.9 Å². The molecule has 0 unspecified atom stereocenters. The number of carbonyl (C=O) groups excluding carboxylic acids is 1. The summed E-state index contributed by atoms with van der Waals surface area (Å²) in [6.07, 6.45) is 0. The Bertz CT molecular complexity index is 386. The zero-order valence-electron chi connectivity index (χ0n) is 7.61. The maximum absolute atomic E-state index is 11.6. The molecular weight excluding hydrogens is 218 g/mol. The molecule has 74 valence electrons. The van der Waals surface area contributed by atoms with Crippen molar-refractivity contribution in [1.82, 2.24) is 9.69 Å². The van der Waals surface area contributed by atoms with Gasteiger partial charge in [0.25, 0.3) is 5.91 Å². The van der Waals surface area contributed by atoms with Crippen molar-refractivity contribution in [2.45, 2.75) is 6.92 Å². The SMILES string of the molecule is Cc1cc(C(=O)NC2=NCCS2)ns1. The number of amidine groups is 1. The molecule has 1 aromatic heterocycles. The molecule has 2 heterocycles. The fraction of sp³-hybridized carbons (Fsp3) is 0.375. The van der Waals surface area contributed by atoms with Gasteiger partial charge in [-0.05, 0) is 24.5 Å². The fourth-order valence-corrected chi connectivity index (χ4v) is 2.31. The van der Waals surface area contributed by atoms with Crippen LogP contribution in [0.1, 0.15) is 15.4 Å². The molecule has 0 saturated carbocycles. The number of hydrogen-bond acceptors (Lipinski definition) is 5. The molecule has 1 aliphatic heterocycles. The van der Waals surface area contributed by atoms with E-state index in [2.05, 4.69) is 14.7 Å². The first-order chi connectivity index (χ1) is 6.75. The summed E-state index contributed by atoms with van der Waals surface area (Å²) in [5.74, 6) is 0.786. The van der Waals surface area contributed by atoms with Crippen LogP contribution >= 0.6 is 23.3 Å². The minimum Gasteiger partial charge on any atom is -0.300 e. The molecule has 0 fully saturated rings. The Morgan fingerprint density at radius 2 is 2.50 bits per heavy atom. The predicted octanol–water partition coefficient (Wildman–Crippen LogP) is 1.28. The summed E-state index contributed by atoms with van der Waals surface area (Å²) in [6, 6.07) is 1.78. The van der Waals surface area contributed by atoms with Crippen molar-refractivity contribution in [2.75, 3.05) is 12.3 Å². The van der Waals surface area contributed by atoms with Crippen LogP contribution in [-0.2, 0) is 0 Å². The van der Waals surface area contributed by atoms with Crippen molar-refractivity contribution in [3.05, 3.63) is 16.6 Å². The van der Waals surface area contributed by atoms with Crippen LogP contribution in [-0.4, -0.2) is 27.7 Å². The molecule has 1 amide bonds. The number of hydrogen-bond donors (Lipinski definition) is 1. The van der Waals surface area contributed by atoms with Crippen molar-refractivity contribution in [3.8, 4) is 0 Å². The van der Waals surface area contributed by atoms with E-state index in [0.717, 1.165) is 17.2 Å². The van der Waals surface area contributed by atoms with Crippen molar-refractivity contribution in [3.63, 3.8) is 0 Å². The van der Waals surface area contributed by atoms with Gasteiger partial charge in [-0.2, -0.15) is 4.37 Å². The number of nitrogens with zero attached hydrogens (tertiary/aromatic N) is 2. The largest absolute Gasteiger partial charge is 0.300 e. The summed E-state index contributed by atoms with van der Waals surface area (Å²) < 4.78 is 4.02. The molecule has 6 heteroatoms. The highest BCUT2D eigenvalue weighted by Crippen LogP contribution is 2.11. The number of rotatable bonds is 1. The van der Waals surface area contributed by atoms with Crippen molar-refractivity contribution in [1.29, 1.82) is 0 Å². The molecule has 0 saturated heterocycles. The third kappa shape index (κ3) is 2.13. The summed E-state index contributed by atoms with van der Waals surface area (Å²) in [6.45, 7) is 2.71. The first-order valence-corrected chi connectivity index (χ1v) is 5.93. The summed E-state index contributed by atoms with van der Waals surface area (Å²) in [4.78, 5) is 16.7. The van der Waals surface area contributed by atoms with E-state index in [1.165, 1.54) is 11.5 Å². The lowest BCUT2D eigenvalue weighted by atomic mass is 10.4. The highest BCUT2D eigenvalue weighted by Gasteiger charge is 2.14. The normalized spacial score (nSPS) is 15.4. The standard InChI is InChI=1S/C8H9N3OS2/c1-5-4-6(11-14-5)7(12)10-8-9-2-3-13-8/h4H,2-3H2,1H3,(H,9,10,12). The van der Waals surface area contributed by atoms with Crippen LogP contribution in [0.25, 0.3) is 0 Å². The number of amides is 1. The van der Waals surface area contributed by atoms with Crippen LogP contribution < -0.4 is 5.32 Å². The average Bonchev–Trinajstić information content (AvgIpc) is 2.75. The van der Waals surface area contributed by atoms with Gasteiger partial charge in [-0.15, -0.1) is 0 Å². The number of aryl methyl sites for hydroxylation is 1. The lowest BCUT2D eigenvalue weighted by Gasteiger charge is -1.99. The second-order valence-electron chi connectivity index (χ2n) is 2.81. The predicted molar refractivity (Wildman–Crippen MR) is 59.1 cm³/mol. The Morgan fingerprint density at radius 1 is 1.64 bits per heavy atom. The first-order valence-electron chi connectivity index (χ1n) is 4.17. The smallest absolute Gasteiger partial charge is 0.276 e. The number of thioether (sulfide) groups is 1. The summed E-state index contributed by atoms with van der Waals surface area (Å²) in [5, 5.41) is 3.44. The van der Waals surface area contributed by atoms with E-state index in [1.807, 2.05) is 6.92 Å². The zero-order valence-corrected chi connectivity index (χ0v) is 9.24. The van der Waals surface area contributed by atoms with E-state index in [4.69, 9.17) is 0 Å². The van der Waals surface area contributed by atoms with Gasteiger partial charge >= 0.3 is 0 Å². The molecule has 0 aromatic carbocycles. The van der Waals surface area contributed by atoms with Crippen LogP contribution in [0.2, 0.25) is 0 Å². The Hall–Kier alpha value is -0.880. The minimum atomic E-state index is -0.164. The van der Waals surface area contributed by atoms with Gasteiger partial charge in [0.2, 0.25) is 0 Å². The second-order valence-corrected chi connectivity index (χ2v) is 4.90. The minimum absolute atomic E-state index is 0.164. The summed E-state index contributed by atoms with van der Waals surface area (Å²) in [5.41, 5.74) is 0.475. The van der Waals surface area contributed by atoms with Crippen molar-refractivity contribution in [2.24, 2.45) is 4.99 Å². The molecule has 14 heavy (non-hydrogen) atoms. The van der Waals surface area contributed by atoms with Gasteiger partial charge in [0.15, 0.2) is 5.17 Å². The molecule has 1 N–H and O–H groups in total. The topological polar surface area (TPSA) is 54.4 Å². The molecule has 1 aliphatic rings. The van der Waals surface area contributed by atoms with Gasteiger partial charge in [0.05, 0.1) is 6.54 Å². The van der Waals surface area contributed by atoms with Crippen molar-refractivity contribution >= 4 is 34.4 Å². The number of aliphatic imine (C=N–C) groups is 1. The highest BCUT2D eigenvalue weighted by atomic mass is 32.2. The summed E-state index contributed by atoms with van der Waals surface area (Å²) in [7, 11) is 0. The molecule has 0 bridgehead atoms. The lowest BCUT2D eigenvalue weighted by molar-refractivity contribution is 0.0974. The Labute approximate surface area is 90.0 Å². The molecule has 0 aliphatic carbocycles. The fourth-order valence-electron chi connectivity index (χ4n) is 1.05. The Kier molecular flexibility index (Phi) is 2.83. The third-order valence-electron chi connectivity index (χ3n) is 1.67. The third-order valence-corrected chi connectivity index (χ3v) is 3.25. The molecule has 2 rings (SSSR count).